The van der Waals surface area contributed by atoms with Crippen LogP contribution in [-0.2, 0) is 20.7 Å². The van der Waals surface area contributed by atoms with Crippen LogP contribution < -0.4 is 10.6 Å². The number of benzene rings is 1. The van der Waals surface area contributed by atoms with Crippen LogP contribution in [0.15, 0.2) is 24.3 Å². The smallest absolute Gasteiger partial charge is 0.408 e. The van der Waals surface area contributed by atoms with Crippen molar-refractivity contribution in [2.24, 2.45) is 0 Å². The highest BCUT2D eigenvalue weighted by Gasteiger charge is 2.36. The molecule has 0 radical (unpaired) electrons. The monoisotopic (exact) mass is 547 g/mol. The van der Waals surface area contributed by atoms with Gasteiger partial charge in [-0.05, 0) is 76.0 Å². The number of rotatable bonds is 13. The van der Waals surface area contributed by atoms with E-state index < -0.39 is 23.8 Å². The average Bonchev–Trinajstić information content (AvgIpc) is 2.88. The molecule has 0 aliphatic heterocycles. The number of ether oxygens (including phenoxy) is 1. The third-order valence-electron chi connectivity index (χ3n) is 6.85. The van der Waals surface area contributed by atoms with Gasteiger partial charge in [0.2, 0.25) is 11.8 Å². The van der Waals surface area contributed by atoms with E-state index in [9.17, 15) is 14.4 Å². The maximum Gasteiger partial charge on any atom is 0.408 e. The summed E-state index contributed by atoms with van der Waals surface area (Å²) in [7, 11) is 0. The molecule has 2 unspecified atom stereocenters. The molecule has 3 amide bonds. The van der Waals surface area contributed by atoms with Gasteiger partial charge in [-0.25, -0.2) is 4.79 Å². The molecule has 1 fully saturated rings. The van der Waals surface area contributed by atoms with Crippen LogP contribution in [0, 0.1) is 0 Å². The topological polar surface area (TPSA) is 87.7 Å². The fourth-order valence-electron chi connectivity index (χ4n) is 4.77. The number of aryl methyl sites for hydroxylation is 1. The number of hydrogen-bond acceptors (Lipinski definition) is 5. The first kappa shape index (κ1) is 32.0. The molecule has 1 aromatic rings. The molecule has 0 bridgehead atoms. The lowest BCUT2D eigenvalue weighted by molar-refractivity contribution is -0.143. The van der Waals surface area contributed by atoms with Crippen LogP contribution in [0.3, 0.4) is 0 Å². The molecule has 1 aromatic carbocycles. The predicted octanol–water partition coefficient (Wildman–Crippen LogP) is 6.01. The van der Waals surface area contributed by atoms with Crippen LogP contribution in [0.1, 0.15) is 103 Å². The molecule has 0 spiro atoms. The predicted molar refractivity (Wildman–Crippen MR) is 156 cm³/mol. The van der Waals surface area contributed by atoms with E-state index in [4.69, 9.17) is 4.74 Å². The van der Waals surface area contributed by atoms with Crippen LogP contribution in [0.2, 0.25) is 0 Å². The second-order valence-electron chi connectivity index (χ2n) is 11.2. The fourth-order valence-corrected chi connectivity index (χ4v) is 5.24. The molecule has 38 heavy (non-hydrogen) atoms. The number of carbonyl (C=O) groups excluding carboxylic acids is 3. The van der Waals surface area contributed by atoms with E-state index in [1.165, 1.54) is 12.0 Å². The van der Waals surface area contributed by atoms with E-state index in [1.54, 1.807) is 37.4 Å². The van der Waals surface area contributed by atoms with E-state index in [0.29, 0.717) is 18.7 Å². The molecule has 7 nitrogen and oxygen atoms in total. The third-order valence-corrected chi connectivity index (χ3v) is 7.49. The number of hydrogen-bond donors (Lipinski definition) is 2. The minimum absolute atomic E-state index is 0.129. The second-order valence-corrected chi connectivity index (χ2v) is 12.2. The highest BCUT2D eigenvalue weighted by molar-refractivity contribution is 7.98. The van der Waals surface area contributed by atoms with Crippen molar-refractivity contribution in [2.45, 2.75) is 116 Å². The Morgan fingerprint density at radius 2 is 1.74 bits per heavy atom. The lowest BCUT2D eigenvalue weighted by Crippen LogP contribution is -2.54. The molecule has 2 atom stereocenters. The SMILES string of the molecule is CCCCN(C(=O)C(CCSC)NC(=O)OC(C)(C)C)C(C(=O)NC1CCCCC1)c1ccc(CC)cc1. The highest BCUT2D eigenvalue weighted by atomic mass is 32.2. The zero-order valence-corrected chi connectivity index (χ0v) is 25.1. The van der Waals surface area contributed by atoms with Gasteiger partial charge in [0.05, 0.1) is 0 Å². The quantitative estimate of drug-likeness (QED) is 0.316. The number of thioether (sulfide) groups is 1. The fraction of sp³-hybridized carbons (Fsp3) is 0.700. The number of nitrogens with one attached hydrogen (secondary N) is 2. The molecule has 1 aliphatic rings. The van der Waals surface area contributed by atoms with Gasteiger partial charge in [-0.1, -0.05) is 63.8 Å². The lowest BCUT2D eigenvalue weighted by Gasteiger charge is -2.36. The number of alkyl carbamates (subject to hydrolysis) is 1. The zero-order valence-electron chi connectivity index (χ0n) is 24.3. The van der Waals surface area contributed by atoms with Gasteiger partial charge < -0.3 is 20.3 Å². The van der Waals surface area contributed by atoms with E-state index in [-0.39, 0.29) is 17.9 Å². The van der Waals surface area contributed by atoms with Gasteiger partial charge in [0.25, 0.3) is 0 Å². The van der Waals surface area contributed by atoms with Crippen molar-refractivity contribution in [1.82, 2.24) is 15.5 Å². The number of unbranched alkanes of at least 4 members (excludes halogenated alkanes) is 1. The first-order valence-corrected chi connectivity index (χ1v) is 15.7. The summed E-state index contributed by atoms with van der Waals surface area (Å²) in [6, 6.07) is 6.58. The van der Waals surface area contributed by atoms with Gasteiger partial charge in [0.1, 0.15) is 17.7 Å². The lowest BCUT2D eigenvalue weighted by atomic mass is 9.94. The summed E-state index contributed by atoms with van der Waals surface area (Å²) in [4.78, 5) is 42.4. The van der Waals surface area contributed by atoms with Gasteiger partial charge in [0, 0.05) is 12.6 Å². The van der Waals surface area contributed by atoms with Gasteiger partial charge >= 0.3 is 6.09 Å². The van der Waals surface area contributed by atoms with Gasteiger partial charge in [-0.15, -0.1) is 0 Å². The molecular formula is C30H49N3O4S. The van der Waals surface area contributed by atoms with E-state index in [0.717, 1.165) is 50.5 Å². The normalized spacial score (nSPS) is 15.8. The average molecular weight is 548 g/mol. The summed E-state index contributed by atoms with van der Waals surface area (Å²) in [5.41, 5.74) is 1.29. The molecule has 2 N–H and O–H groups in total. The molecule has 1 aliphatic carbocycles. The Kier molecular flexibility index (Phi) is 13.5. The van der Waals surface area contributed by atoms with Crippen LogP contribution in [0.5, 0.6) is 0 Å². The standard InChI is InChI=1S/C30H49N3O4S/c1-7-9-20-33(28(35)25(19-21-38-6)32-29(36)37-30(3,4)5)26(23-17-15-22(8-2)16-18-23)27(34)31-24-13-11-10-12-14-24/h15-18,24-26H,7-14,19-21H2,1-6H3,(H,31,34)(H,32,36). The Balaban J connectivity index is 2.43. The van der Waals surface area contributed by atoms with Crippen LogP contribution in [-0.4, -0.2) is 59.0 Å². The maximum absolute atomic E-state index is 14.2. The minimum Gasteiger partial charge on any atom is -0.444 e. The first-order valence-electron chi connectivity index (χ1n) is 14.3. The van der Waals surface area contributed by atoms with E-state index in [1.807, 2.05) is 30.5 Å². The molecular weight excluding hydrogens is 498 g/mol. The molecule has 214 valence electrons. The Hall–Kier alpha value is -2.22. The number of carbonyl (C=O) groups is 3. The minimum atomic E-state index is -0.783. The second kappa shape index (κ2) is 16.0. The Morgan fingerprint density at radius 1 is 1.08 bits per heavy atom. The van der Waals surface area contributed by atoms with Crippen molar-refractivity contribution in [3.05, 3.63) is 35.4 Å². The molecule has 0 aromatic heterocycles. The molecule has 8 heteroatoms. The van der Waals surface area contributed by atoms with Gasteiger partial charge in [-0.3, -0.25) is 9.59 Å². The Morgan fingerprint density at radius 3 is 2.29 bits per heavy atom. The molecule has 1 saturated carbocycles. The van der Waals surface area contributed by atoms with E-state index in [2.05, 4.69) is 24.5 Å². The van der Waals surface area contributed by atoms with Gasteiger partial charge in [0.15, 0.2) is 0 Å². The van der Waals surface area contributed by atoms with E-state index >= 15 is 0 Å². The summed E-state index contributed by atoms with van der Waals surface area (Å²) >= 11 is 1.61. The number of nitrogens with zero attached hydrogens (tertiary/aromatic N) is 1. The van der Waals surface area contributed by atoms with Gasteiger partial charge in [-0.2, -0.15) is 11.8 Å². The Labute approximate surface area is 234 Å². The van der Waals surface area contributed by atoms with Crippen molar-refractivity contribution in [3.63, 3.8) is 0 Å². The largest absolute Gasteiger partial charge is 0.444 e. The third kappa shape index (κ3) is 10.5. The van der Waals surface area contributed by atoms with Crippen molar-refractivity contribution < 1.29 is 19.1 Å². The molecule has 0 heterocycles. The summed E-state index contributed by atoms with van der Waals surface area (Å²) in [5, 5.41) is 6.08. The van der Waals surface area contributed by atoms with Crippen molar-refractivity contribution in [3.8, 4) is 0 Å². The van der Waals surface area contributed by atoms with Crippen LogP contribution in [0.25, 0.3) is 0 Å². The first-order chi connectivity index (χ1) is 18.1. The molecule has 2 rings (SSSR count). The zero-order chi connectivity index (χ0) is 28.1. The van der Waals surface area contributed by atoms with Crippen molar-refractivity contribution >= 4 is 29.7 Å². The Bertz CT molecular complexity index is 878. The van der Waals surface area contributed by atoms with Crippen LogP contribution >= 0.6 is 11.8 Å². The summed E-state index contributed by atoms with van der Waals surface area (Å²) in [5.74, 6) is 0.297. The molecule has 0 saturated heterocycles. The van der Waals surface area contributed by atoms with Crippen molar-refractivity contribution in [1.29, 1.82) is 0 Å². The summed E-state index contributed by atoms with van der Waals surface area (Å²) < 4.78 is 5.47. The number of amides is 3. The summed E-state index contributed by atoms with van der Waals surface area (Å²) in [6.07, 6.45) is 9.68. The maximum atomic E-state index is 14.2. The van der Waals surface area contributed by atoms with Crippen LogP contribution in [0.4, 0.5) is 4.79 Å². The summed E-state index contributed by atoms with van der Waals surface area (Å²) in [6.45, 7) is 9.98. The van der Waals surface area contributed by atoms with Crippen molar-refractivity contribution in [2.75, 3.05) is 18.6 Å². The highest BCUT2D eigenvalue weighted by Crippen LogP contribution is 2.26.